The molecule has 3 aliphatic heterocycles. The van der Waals surface area contributed by atoms with Gasteiger partial charge in [-0.15, -0.1) is 6.58 Å². The summed E-state index contributed by atoms with van der Waals surface area (Å²) in [6, 6.07) is 4.19. The van der Waals surface area contributed by atoms with Gasteiger partial charge in [0.15, 0.2) is 0 Å². The summed E-state index contributed by atoms with van der Waals surface area (Å²) < 4.78 is 63.4. The summed E-state index contributed by atoms with van der Waals surface area (Å²) in [6.45, 7) is 7.33. The zero-order valence-corrected chi connectivity index (χ0v) is 31.9. The summed E-state index contributed by atoms with van der Waals surface area (Å²) in [7, 11) is -7.81. The summed E-state index contributed by atoms with van der Waals surface area (Å²) in [5.74, 6) is -2.27. The second kappa shape index (κ2) is 14.1. The van der Waals surface area contributed by atoms with Crippen molar-refractivity contribution in [1.82, 2.24) is 24.6 Å². The molecule has 15 heteroatoms. The molecule has 2 saturated carbocycles. The Labute approximate surface area is 311 Å². The first-order valence-electron chi connectivity index (χ1n) is 18.7. The van der Waals surface area contributed by atoms with Gasteiger partial charge in [0.05, 0.1) is 27.8 Å². The molecule has 13 nitrogen and oxygen atoms in total. The highest BCUT2D eigenvalue weighted by Gasteiger charge is 2.55. The molecule has 2 aromatic rings. The number of rotatable bonds is 7. The summed E-state index contributed by atoms with van der Waals surface area (Å²) in [4.78, 5) is 49.2. The maximum Gasteiger partial charge on any atom is 0.256 e. The number of nitrogens with zero attached hydrogens (tertiary/aromatic N) is 2. The lowest BCUT2D eigenvalue weighted by atomic mass is 9.87. The molecule has 1 aromatic carbocycles. The lowest BCUT2D eigenvalue weighted by Crippen LogP contribution is -2.58. The monoisotopic (exact) mass is 767 g/mol. The smallest absolute Gasteiger partial charge is 0.256 e. The first-order valence-corrected chi connectivity index (χ1v) is 21.7. The number of sulfonamides is 2. The van der Waals surface area contributed by atoms with E-state index in [4.69, 9.17) is 9.72 Å². The zero-order chi connectivity index (χ0) is 37.8. The van der Waals surface area contributed by atoms with Crippen LogP contribution in [-0.2, 0) is 40.9 Å². The highest BCUT2D eigenvalue weighted by molar-refractivity contribution is 7.91. The van der Waals surface area contributed by atoms with Crippen molar-refractivity contribution in [2.75, 3.05) is 6.54 Å². The lowest BCUT2D eigenvalue weighted by molar-refractivity contribution is -0.141. The van der Waals surface area contributed by atoms with E-state index in [2.05, 4.69) is 21.3 Å². The molecule has 286 valence electrons. The van der Waals surface area contributed by atoms with Crippen LogP contribution < -0.4 is 19.5 Å². The fourth-order valence-electron chi connectivity index (χ4n) is 7.89. The minimum absolute atomic E-state index is 0.00562. The number of carbonyl (C=O) groups excluding carboxylic acids is 3. The minimum atomic E-state index is -4.04. The number of benzene rings is 1. The standard InChI is InChI=1S/C38H49N5O8S2/c1-4-25-12-8-6-5-7-9-15-30(41-52(47,48)26-16-17-26)36(46)43-23-38(19-18-28-27-13-10-11-14-29(27)39-24(2)33(28)51-38)22-31(43)34(44)40-32(25)35(45)42-53(49,50)37(3)20-21-37/h4,8,10-14,25-26,30-32,41H,1,5-7,9,15-23H2,2-3H3,(H,40,44)(H,42,45)/b12-8-/t25-,30-,31-,32?,38+/m0/s1. The quantitative estimate of drug-likeness (QED) is 0.356. The largest absolute Gasteiger partial charge is 0.483 e. The second-order valence-corrected chi connectivity index (χ2v) is 19.9. The van der Waals surface area contributed by atoms with Crippen LogP contribution in [0.4, 0.5) is 0 Å². The Hall–Kier alpha value is -3.82. The van der Waals surface area contributed by atoms with Crippen molar-refractivity contribution in [3.05, 3.63) is 60.3 Å². The number of aromatic nitrogens is 1. The summed E-state index contributed by atoms with van der Waals surface area (Å²) in [6.07, 6.45) is 11.0. The molecule has 3 fully saturated rings. The number of allylic oxidation sites excluding steroid dienone is 1. The van der Waals surface area contributed by atoms with Gasteiger partial charge in [0.1, 0.15) is 29.5 Å². The van der Waals surface area contributed by atoms with Gasteiger partial charge in [0.2, 0.25) is 31.9 Å². The molecule has 5 aliphatic rings. The van der Waals surface area contributed by atoms with Crippen LogP contribution >= 0.6 is 0 Å². The molecule has 7 rings (SSSR count). The Morgan fingerprint density at radius 2 is 1.83 bits per heavy atom. The average Bonchev–Trinajstić information content (AvgIpc) is 4.06. The molecule has 0 radical (unpaired) electrons. The highest BCUT2D eigenvalue weighted by atomic mass is 32.2. The molecule has 4 heterocycles. The maximum absolute atomic E-state index is 14.6. The van der Waals surface area contributed by atoms with Crippen LogP contribution in [0.25, 0.3) is 10.9 Å². The first kappa shape index (κ1) is 37.5. The Morgan fingerprint density at radius 3 is 2.55 bits per heavy atom. The van der Waals surface area contributed by atoms with Crippen molar-refractivity contribution in [3.63, 3.8) is 0 Å². The van der Waals surface area contributed by atoms with Crippen LogP contribution in [0, 0.1) is 12.8 Å². The van der Waals surface area contributed by atoms with E-state index >= 15 is 0 Å². The second-order valence-electron chi connectivity index (χ2n) is 15.7. The van der Waals surface area contributed by atoms with E-state index in [1.807, 2.05) is 37.3 Å². The Bertz CT molecular complexity index is 2080. The van der Waals surface area contributed by atoms with E-state index in [1.165, 1.54) is 11.0 Å². The molecular weight excluding hydrogens is 719 g/mol. The van der Waals surface area contributed by atoms with E-state index in [1.54, 1.807) is 13.0 Å². The lowest BCUT2D eigenvalue weighted by Gasteiger charge is -2.36. The molecule has 1 unspecified atom stereocenters. The third-order valence-corrected chi connectivity index (χ3v) is 15.8. The van der Waals surface area contributed by atoms with Crippen molar-refractivity contribution in [2.45, 2.75) is 125 Å². The number of amides is 3. The van der Waals surface area contributed by atoms with Crippen LogP contribution in [0.1, 0.15) is 88.8 Å². The number of pyridine rings is 1. The van der Waals surface area contributed by atoms with Gasteiger partial charge in [-0.2, -0.15) is 0 Å². The molecule has 3 amide bonds. The molecule has 0 bridgehead atoms. The Kier molecular flexibility index (Phi) is 9.98. The number of aryl methyl sites for hydroxylation is 2. The van der Waals surface area contributed by atoms with E-state index in [9.17, 15) is 31.2 Å². The Morgan fingerprint density at radius 1 is 1.08 bits per heavy atom. The topological polar surface area (TPSA) is 181 Å². The summed E-state index contributed by atoms with van der Waals surface area (Å²) in [5.41, 5.74) is 1.51. The molecule has 5 atom stereocenters. The van der Waals surface area contributed by atoms with Gasteiger partial charge in [0, 0.05) is 23.3 Å². The van der Waals surface area contributed by atoms with Crippen LogP contribution in [0.5, 0.6) is 5.75 Å². The van der Waals surface area contributed by atoms with Crippen LogP contribution in [0.3, 0.4) is 0 Å². The van der Waals surface area contributed by atoms with E-state index in [-0.39, 0.29) is 19.4 Å². The van der Waals surface area contributed by atoms with Gasteiger partial charge in [-0.05, 0) is 77.7 Å². The number of para-hydroxylation sites is 1. The third kappa shape index (κ3) is 7.48. The number of carbonyl (C=O) groups is 3. The van der Waals surface area contributed by atoms with Gasteiger partial charge in [-0.25, -0.2) is 26.5 Å². The first-order chi connectivity index (χ1) is 25.2. The zero-order valence-electron chi connectivity index (χ0n) is 30.3. The Balaban J connectivity index is 1.25. The van der Waals surface area contributed by atoms with Gasteiger partial charge < -0.3 is 15.0 Å². The molecule has 1 aromatic heterocycles. The molecular formula is C38H49N5O8S2. The molecule has 1 spiro atoms. The number of hydrogen-bond donors (Lipinski definition) is 3. The van der Waals surface area contributed by atoms with Crippen molar-refractivity contribution < 1.29 is 36.0 Å². The van der Waals surface area contributed by atoms with Crippen LogP contribution in [0.2, 0.25) is 0 Å². The third-order valence-electron chi connectivity index (χ3n) is 11.6. The fraction of sp³-hybridized carbons (Fsp3) is 0.579. The maximum atomic E-state index is 14.6. The van der Waals surface area contributed by atoms with Crippen LogP contribution in [-0.4, -0.2) is 84.7 Å². The van der Waals surface area contributed by atoms with Gasteiger partial charge >= 0.3 is 0 Å². The normalized spacial score (nSPS) is 29.9. The van der Waals surface area contributed by atoms with Gasteiger partial charge in [-0.3, -0.25) is 19.1 Å². The molecule has 2 aliphatic carbocycles. The SMILES string of the molecule is C=C[C@H]1/C=C\CCCCC[C@H](NS(=O)(=O)C2CC2)C(=O)N2C[C@@]3(CCc4c(c(C)nc5ccccc45)O3)C[C@H]2C(=O)NC1C(=O)NS(=O)(=O)C1(C)CC1. The number of nitrogens with one attached hydrogen (secondary N) is 3. The number of ether oxygens (including phenoxy) is 1. The predicted molar refractivity (Wildman–Crippen MR) is 200 cm³/mol. The van der Waals surface area contributed by atoms with Crippen molar-refractivity contribution >= 4 is 48.7 Å². The van der Waals surface area contributed by atoms with Crippen molar-refractivity contribution in [3.8, 4) is 5.75 Å². The van der Waals surface area contributed by atoms with E-state index < -0.39 is 77.4 Å². The summed E-state index contributed by atoms with van der Waals surface area (Å²) >= 11 is 0. The van der Waals surface area contributed by atoms with Gasteiger partial charge in [-0.1, -0.05) is 49.3 Å². The van der Waals surface area contributed by atoms with Crippen molar-refractivity contribution in [2.24, 2.45) is 5.92 Å². The fourth-order valence-corrected chi connectivity index (χ4v) is 10.7. The number of fused-ring (bicyclic) bond motifs is 4. The molecule has 1 saturated heterocycles. The predicted octanol–water partition coefficient (Wildman–Crippen LogP) is 3.46. The highest BCUT2D eigenvalue weighted by Crippen LogP contribution is 2.45. The average molecular weight is 768 g/mol. The van der Waals surface area contributed by atoms with E-state index in [0.717, 1.165) is 22.9 Å². The van der Waals surface area contributed by atoms with Gasteiger partial charge in [0.25, 0.3) is 5.91 Å². The molecule has 3 N–H and O–H groups in total. The van der Waals surface area contributed by atoms with E-state index in [0.29, 0.717) is 69.2 Å². The number of hydrogen-bond acceptors (Lipinski definition) is 9. The van der Waals surface area contributed by atoms with Crippen LogP contribution in [0.15, 0.2) is 49.1 Å². The summed E-state index contributed by atoms with van der Waals surface area (Å²) in [5, 5.41) is 3.22. The van der Waals surface area contributed by atoms with Crippen molar-refractivity contribution in [1.29, 1.82) is 0 Å². The minimum Gasteiger partial charge on any atom is -0.483 e. The molecule has 53 heavy (non-hydrogen) atoms.